The van der Waals surface area contributed by atoms with E-state index in [2.05, 4.69) is 15.1 Å². The van der Waals surface area contributed by atoms with Gasteiger partial charge in [-0.05, 0) is 31.2 Å². The van der Waals surface area contributed by atoms with Crippen molar-refractivity contribution in [2.45, 2.75) is 13.0 Å². The van der Waals surface area contributed by atoms with Crippen LogP contribution in [-0.2, 0) is 7.05 Å². The molecular formula is C21H20FN7O3. The molecule has 11 heteroatoms. The highest BCUT2D eigenvalue weighted by atomic mass is 19.1. The Labute approximate surface area is 181 Å². The van der Waals surface area contributed by atoms with Crippen LogP contribution in [0.2, 0.25) is 0 Å². The summed E-state index contributed by atoms with van der Waals surface area (Å²) in [5.41, 5.74) is 1.26. The molecule has 1 unspecified atom stereocenters. The fraction of sp³-hybridized carbons (Fsp3) is 0.286. The predicted octanol–water partition coefficient (Wildman–Crippen LogP) is 1.97. The number of aromatic nitrogens is 5. The molecule has 5 rings (SSSR count). The van der Waals surface area contributed by atoms with Gasteiger partial charge in [0.05, 0.1) is 5.69 Å². The van der Waals surface area contributed by atoms with Crippen LogP contribution in [0.25, 0.3) is 27.9 Å². The van der Waals surface area contributed by atoms with Crippen molar-refractivity contribution < 1.29 is 14.3 Å². The molecule has 0 aliphatic carbocycles. The van der Waals surface area contributed by atoms with Crippen molar-refractivity contribution in [3.63, 3.8) is 0 Å². The maximum Gasteiger partial charge on any atom is 0.407 e. The Balaban J connectivity index is 1.51. The lowest BCUT2D eigenvalue weighted by Gasteiger charge is -2.39. The smallest absolute Gasteiger partial charge is 0.407 e. The number of halogens is 1. The third kappa shape index (κ3) is 3.31. The first-order valence-electron chi connectivity index (χ1n) is 10.1. The van der Waals surface area contributed by atoms with Crippen LogP contribution >= 0.6 is 0 Å². The van der Waals surface area contributed by atoms with E-state index in [0.717, 1.165) is 5.69 Å². The van der Waals surface area contributed by atoms with Gasteiger partial charge in [-0.2, -0.15) is 10.1 Å². The number of pyridine rings is 1. The van der Waals surface area contributed by atoms with Gasteiger partial charge in [0, 0.05) is 56.1 Å². The van der Waals surface area contributed by atoms with Gasteiger partial charge in [0.15, 0.2) is 11.6 Å². The van der Waals surface area contributed by atoms with Crippen molar-refractivity contribution in [3.05, 3.63) is 53.0 Å². The number of aryl methyl sites for hydroxylation is 1. The largest absolute Gasteiger partial charge is 0.465 e. The maximum absolute atomic E-state index is 14.5. The Hall–Kier alpha value is -4.02. The molecule has 1 fully saturated rings. The monoisotopic (exact) mass is 437 g/mol. The Kier molecular flexibility index (Phi) is 4.54. The Morgan fingerprint density at radius 3 is 2.75 bits per heavy atom. The molecule has 0 radical (unpaired) electrons. The van der Waals surface area contributed by atoms with E-state index in [0.29, 0.717) is 36.2 Å². The molecule has 32 heavy (non-hydrogen) atoms. The van der Waals surface area contributed by atoms with Crippen molar-refractivity contribution in [3.8, 4) is 11.4 Å². The molecule has 1 saturated heterocycles. The number of carbonyl (C=O) groups is 1. The quantitative estimate of drug-likeness (QED) is 0.511. The van der Waals surface area contributed by atoms with Crippen molar-refractivity contribution in [1.29, 1.82) is 0 Å². The minimum Gasteiger partial charge on any atom is -0.465 e. The minimum atomic E-state index is -0.936. The van der Waals surface area contributed by atoms with Gasteiger partial charge in [0.25, 0.3) is 0 Å². The molecule has 1 N–H and O–H groups in total. The maximum atomic E-state index is 14.5. The number of piperazine rings is 1. The average molecular weight is 437 g/mol. The summed E-state index contributed by atoms with van der Waals surface area (Å²) in [6, 6.07) is 6.34. The van der Waals surface area contributed by atoms with Crippen molar-refractivity contribution in [2.75, 3.05) is 24.5 Å². The zero-order valence-electron chi connectivity index (χ0n) is 17.4. The fourth-order valence-corrected chi connectivity index (χ4v) is 4.14. The molecule has 1 aliphatic heterocycles. The van der Waals surface area contributed by atoms with Crippen molar-refractivity contribution >= 4 is 28.3 Å². The number of nitrogens with zero attached hydrogens (tertiary/aromatic N) is 7. The molecule has 0 bridgehead atoms. The Morgan fingerprint density at radius 1 is 1.19 bits per heavy atom. The molecule has 1 aliphatic rings. The number of amides is 1. The van der Waals surface area contributed by atoms with E-state index < -0.39 is 17.6 Å². The zero-order valence-corrected chi connectivity index (χ0v) is 17.4. The van der Waals surface area contributed by atoms with E-state index in [9.17, 15) is 19.1 Å². The van der Waals surface area contributed by atoms with E-state index in [-0.39, 0.29) is 17.4 Å². The van der Waals surface area contributed by atoms with E-state index in [1.807, 2.05) is 17.9 Å². The van der Waals surface area contributed by atoms with Gasteiger partial charge >= 0.3 is 11.8 Å². The van der Waals surface area contributed by atoms with Gasteiger partial charge in [-0.15, -0.1) is 0 Å². The lowest BCUT2D eigenvalue weighted by Crippen LogP contribution is -2.53. The predicted molar refractivity (Wildman–Crippen MR) is 115 cm³/mol. The van der Waals surface area contributed by atoms with Crippen LogP contribution in [0.4, 0.5) is 14.9 Å². The van der Waals surface area contributed by atoms with Crippen LogP contribution in [0.1, 0.15) is 6.92 Å². The van der Waals surface area contributed by atoms with Crippen molar-refractivity contribution in [2.24, 2.45) is 7.05 Å². The lowest BCUT2D eigenvalue weighted by atomic mass is 10.1. The fourth-order valence-electron chi connectivity index (χ4n) is 4.14. The number of hydrogen-bond acceptors (Lipinski definition) is 6. The normalized spacial score (nSPS) is 16.8. The molecule has 4 heterocycles. The van der Waals surface area contributed by atoms with Crippen LogP contribution in [0.3, 0.4) is 0 Å². The van der Waals surface area contributed by atoms with Gasteiger partial charge in [-0.3, -0.25) is 4.68 Å². The first-order chi connectivity index (χ1) is 15.3. The second-order valence-electron chi connectivity index (χ2n) is 7.91. The number of benzene rings is 1. The summed E-state index contributed by atoms with van der Waals surface area (Å²) in [6.45, 7) is 3.25. The highest BCUT2D eigenvalue weighted by Crippen LogP contribution is 2.25. The van der Waals surface area contributed by atoms with E-state index in [1.54, 1.807) is 31.6 Å². The van der Waals surface area contributed by atoms with Gasteiger partial charge in [-0.25, -0.2) is 23.4 Å². The summed E-state index contributed by atoms with van der Waals surface area (Å²) >= 11 is 0. The van der Waals surface area contributed by atoms with Gasteiger partial charge in [-0.1, -0.05) is 0 Å². The van der Waals surface area contributed by atoms with Crippen LogP contribution in [0, 0.1) is 5.82 Å². The number of hydrogen-bond donors (Lipinski definition) is 1. The lowest BCUT2D eigenvalue weighted by molar-refractivity contribution is 0.122. The minimum absolute atomic E-state index is 0.135. The summed E-state index contributed by atoms with van der Waals surface area (Å²) in [4.78, 5) is 36.0. The first kappa shape index (κ1) is 19.9. The second kappa shape index (κ2) is 7.29. The molecule has 3 aromatic heterocycles. The Morgan fingerprint density at radius 2 is 2.00 bits per heavy atom. The third-order valence-electron chi connectivity index (χ3n) is 5.71. The van der Waals surface area contributed by atoms with Crippen molar-refractivity contribution in [1.82, 2.24) is 29.0 Å². The van der Waals surface area contributed by atoms with Gasteiger partial charge in [0.1, 0.15) is 11.2 Å². The summed E-state index contributed by atoms with van der Waals surface area (Å²) in [7, 11) is 1.71. The molecule has 4 aromatic rings. The molecule has 0 spiro atoms. The van der Waals surface area contributed by atoms with Gasteiger partial charge < -0.3 is 14.9 Å². The van der Waals surface area contributed by atoms with Crippen LogP contribution < -0.4 is 10.6 Å². The van der Waals surface area contributed by atoms with E-state index in [1.165, 1.54) is 20.0 Å². The molecule has 1 amide bonds. The van der Waals surface area contributed by atoms with Crippen LogP contribution in [0.5, 0.6) is 0 Å². The highest BCUT2D eigenvalue weighted by molar-refractivity contribution is 5.83. The average Bonchev–Trinajstić information content (AvgIpc) is 3.14. The molecule has 10 nitrogen and oxygen atoms in total. The highest BCUT2D eigenvalue weighted by Gasteiger charge is 2.27. The number of fused-ring (bicyclic) bond motifs is 2. The molecule has 0 saturated carbocycles. The summed E-state index contributed by atoms with van der Waals surface area (Å²) in [5.74, 6) is -0.372. The number of rotatable bonds is 2. The summed E-state index contributed by atoms with van der Waals surface area (Å²) in [6.07, 6.45) is 2.40. The van der Waals surface area contributed by atoms with Crippen LogP contribution in [-0.4, -0.2) is 65.9 Å². The first-order valence-corrected chi connectivity index (χ1v) is 10.1. The van der Waals surface area contributed by atoms with Crippen LogP contribution in [0.15, 0.2) is 41.5 Å². The SMILES string of the molecule is CC1CN(c2ccc3nc(-c4cc(F)c5nn(C)cc5c4)nc(=O)n3c2)CCN1C(=O)O. The summed E-state index contributed by atoms with van der Waals surface area (Å²) < 4.78 is 17.3. The van der Waals surface area contributed by atoms with E-state index in [4.69, 9.17) is 0 Å². The van der Waals surface area contributed by atoms with E-state index >= 15 is 0 Å². The molecule has 164 valence electrons. The van der Waals surface area contributed by atoms with Gasteiger partial charge in [0.2, 0.25) is 0 Å². The Bertz CT molecular complexity index is 1430. The third-order valence-corrected chi connectivity index (χ3v) is 5.71. The summed E-state index contributed by atoms with van der Waals surface area (Å²) in [5, 5.41) is 13.9. The zero-order chi connectivity index (χ0) is 22.6. The second-order valence-corrected chi connectivity index (χ2v) is 7.91. The number of anilines is 1. The topological polar surface area (TPSA) is 109 Å². The molecule has 1 aromatic carbocycles. The standard InChI is InChI=1S/C21H20FN7O3/c1-12-9-27(5-6-28(12)21(31)32)15-3-4-17-23-19(24-20(30)29(17)11-15)13-7-14-10-26(2)25-18(14)16(22)8-13/h3-4,7-8,10-12H,5-6,9H2,1-2H3,(H,31,32). The molecule has 1 atom stereocenters. The molecular weight excluding hydrogens is 417 g/mol. The number of carboxylic acid groups (broad SMARTS) is 1.